The smallest absolute Gasteiger partial charge is 0.255 e. The fourth-order valence-corrected chi connectivity index (χ4v) is 4.16. The lowest BCUT2D eigenvalue weighted by atomic mass is 10.0. The van der Waals surface area contributed by atoms with E-state index in [2.05, 4.69) is 5.32 Å². The normalized spacial score (nSPS) is 20.6. The van der Waals surface area contributed by atoms with Crippen molar-refractivity contribution in [3.05, 3.63) is 23.8 Å². The molecule has 0 unspecified atom stereocenters. The summed E-state index contributed by atoms with van der Waals surface area (Å²) in [5, 5.41) is 3.06. The minimum atomic E-state index is -0.142. The summed E-state index contributed by atoms with van der Waals surface area (Å²) in [6.45, 7) is 3.61. The first-order chi connectivity index (χ1) is 14.6. The number of likely N-dealkylation sites (tertiary alicyclic amines) is 1. The molecule has 1 N–H and O–H groups in total. The number of hydrogen-bond donors (Lipinski definition) is 1. The van der Waals surface area contributed by atoms with Crippen LogP contribution < -0.4 is 14.8 Å². The van der Waals surface area contributed by atoms with Gasteiger partial charge in [-0.05, 0) is 49.8 Å². The van der Waals surface area contributed by atoms with Gasteiger partial charge in [-0.2, -0.15) is 0 Å². The third-order valence-corrected chi connectivity index (χ3v) is 6.30. The Balaban J connectivity index is 1.36. The van der Waals surface area contributed by atoms with Crippen molar-refractivity contribution in [3.63, 3.8) is 0 Å². The van der Waals surface area contributed by atoms with Gasteiger partial charge in [0, 0.05) is 51.6 Å². The number of ether oxygens (including phenoxy) is 3. The van der Waals surface area contributed by atoms with E-state index in [4.69, 9.17) is 14.2 Å². The number of nitrogens with one attached hydrogen (secondary N) is 1. The van der Waals surface area contributed by atoms with Crippen LogP contribution in [0.4, 0.5) is 0 Å². The van der Waals surface area contributed by atoms with E-state index in [0.29, 0.717) is 35.4 Å². The highest BCUT2D eigenvalue weighted by Crippen LogP contribution is 2.33. The molecule has 0 atom stereocenters. The lowest BCUT2D eigenvalue weighted by Gasteiger charge is -2.32. The molecule has 1 aromatic rings. The molecule has 1 aromatic carbocycles. The van der Waals surface area contributed by atoms with Crippen LogP contribution in [0.25, 0.3) is 0 Å². The summed E-state index contributed by atoms with van der Waals surface area (Å²) in [6.07, 6.45) is 5.59. The maximum atomic E-state index is 12.9. The molecular formula is C23H32N2O5. The van der Waals surface area contributed by atoms with Crippen LogP contribution in [0, 0.1) is 11.8 Å². The Morgan fingerprint density at radius 3 is 2.50 bits per heavy atom. The lowest BCUT2D eigenvalue weighted by molar-refractivity contribution is -0.134. The van der Waals surface area contributed by atoms with E-state index in [1.165, 1.54) is 0 Å². The second kappa shape index (κ2) is 9.69. The van der Waals surface area contributed by atoms with Crippen LogP contribution >= 0.6 is 0 Å². The molecule has 164 valence electrons. The van der Waals surface area contributed by atoms with Gasteiger partial charge in [0.05, 0.1) is 12.7 Å². The van der Waals surface area contributed by atoms with Gasteiger partial charge in [0.2, 0.25) is 5.91 Å². The predicted molar refractivity (Wildman–Crippen MR) is 112 cm³/mol. The van der Waals surface area contributed by atoms with Gasteiger partial charge < -0.3 is 24.4 Å². The number of amides is 2. The van der Waals surface area contributed by atoms with Crippen molar-refractivity contribution in [2.75, 3.05) is 40.0 Å². The van der Waals surface area contributed by atoms with Crippen molar-refractivity contribution in [2.45, 2.75) is 44.6 Å². The number of piperidine rings is 1. The Labute approximate surface area is 178 Å². The third kappa shape index (κ3) is 5.25. The quantitative estimate of drug-likeness (QED) is 0.739. The first-order valence-corrected chi connectivity index (χ1v) is 11.1. The fraction of sp³-hybridized carbons (Fsp3) is 0.652. The van der Waals surface area contributed by atoms with Crippen molar-refractivity contribution < 1.29 is 23.8 Å². The van der Waals surface area contributed by atoms with Crippen molar-refractivity contribution in [1.82, 2.24) is 10.2 Å². The van der Waals surface area contributed by atoms with Crippen molar-refractivity contribution in [3.8, 4) is 11.5 Å². The molecule has 0 radical (unpaired) electrons. The van der Waals surface area contributed by atoms with Crippen LogP contribution in [0.5, 0.6) is 11.5 Å². The minimum Gasteiger partial charge on any atom is -0.497 e. The monoisotopic (exact) mass is 416 g/mol. The Hall–Kier alpha value is -2.28. The van der Waals surface area contributed by atoms with Gasteiger partial charge in [-0.25, -0.2) is 0 Å². The van der Waals surface area contributed by atoms with Crippen molar-refractivity contribution >= 4 is 11.8 Å². The molecule has 2 aliphatic heterocycles. The van der Waals surface area contributed by atoms with Gasteiger partial charge >= 0.3 is 0 Å². The molecule has 0 aromatic heterocycles. The molecule has 2 saturated heterocycles. The van der Waals surface area contributed by atoms with E-state index in [9.17, 15) is 9.59 Å². The first-order valence-electron chi connectivity index (χ1n) is 11.1. The molecule has 30 heavy (non-hydrogen) atoms. The molecule has 1 saturated carbocycles. The Kier molecular flexibility index (Phi) is 6.77. The van der Waals surface area contributed by atoms with E-state index >= 15 is 0 Å². The SMILES string of the molecule is COc1ccc(OC2CCN(C(=O)C3CC3)CC2)c(C(=O)NCC2CCOCC2)c1. The summed E-state index contributed by atoms with van der Waals surface area (Å²) >= 11 is 0. The number of carbonyl (C=O) groups excluding carboxylic acids is 2. The molecule has 4 rings (SSSR count). The molecule has 3 aliphatic rings. The zero-order chi connectivity index (χ0) is 20.9. The Morgan fingerprint density at radius 1 is 1.10 bits per heavy atom. The summed E-state index contributed by atoms with van der Waals surface area (Å²) in [7, 11) is 1.59. The number of methoxy groups -OCH3 is 1. The van der Waals surface area contributed by atoms with Crippen LogP contribution in [0.3, 0.4) is 0 Å². The average molecular weight is 417 g/mol. The van der Waals surface area contributed by atoms with E-state index < -0.39 is 0 Å². The zero-order valence-electron chi connectivity index (χ0n) is 17.7. The number of carbonyl (C=O) groups is 2. The second-order valence-corrected chi connectivity index (χ2v) is 8.54. The highest BCUT2D eigenvalue weighted by molar-refractivity contribution is 5.97. The molecule has 0 bridgehead atoms. The van der Waals surface area contributed by atoms with Crippen molar-refractivity contribution in [1.29, 1.82) is 0 Å². The standard InChI is InChI=1S/C23H32N2O5/c1-28-19-4-5-21(20(14-19)22(26)24-15-16-8-12-29-13-9-16)30-18-6-10-25(11-7-18)23(27)17-2-3-17/h4-5,14,16-18H,2-3,6-13,15H2,1H3,(H,24,26). The van der Waals surface area contributed by atoms with Gasteiger partial charge in [-0.3, -0.25) is 9.59 Å². The predicted octanol–water partition coefficient (Wildman–Crippen LogP) is 2.63. The summed E-state index contributed by atoms with van der Waals surface area (Å²) in [4.78, 5) is 27.1. The van der Waals surface area contributed by atoms with E-state index in [0.717, 1.165) is 64.8 Å². The van der Waals surface area contributed by atoms with Gasteiger partial charge in [0.15, 0.2) is 0 Å². The summed E-state index contributed by atoms with van der Waals surface area (Å²) in [6, 6.07) is 5.36. The second-order valence-electron chi connectivity index (χ2n) is 8.54. The van der Waals surface area contributed by atoms with Crippen LogP contribution in [0.2, 0.25) is 0 Å². The first kappa shape index (κ1) is 21.0. The highest BCUT2D eigenvalue weighted by atomic mass is 16.5. The minimum absolute atomic E-state index is 0.00342. The Bertz CT molecular complexity index is 750. The average Bonchev–Trinajstić information content (AvgIpc) is 3.64. The molecular weight excluding hydrogens is 384 g/mol. The van der Waals surface area contributed by atoms with Crippen LogP contribution in [-0.2, 0) is 9.53 Å². The van der Waals surface area contributed by atoms with Crippen molar-refractivity contribution in [2.24, 2.45) is 11.8 Å². The number of hydrogen-bond acceptors (Lipinski definition) is 5. The van der Waals surface area contributed by atoms with Crippen LogP contribution in [0.1, 0.15) is 48.9 Å². The zero-order valence-corrected chi connectivity index (χ0v) is 17.7. The van der Waals surface area contributed by atoms with Gasteiger partial charge in [0.1, 0.15) is 17.6 Å². The molecule has 1 aliphatic carbocycles. The van der Waals surface area contributed by atoms with E-state index in [-0.39, 0.29) is 17.9 Å². The summed E-state index contributed by atoms with van der Waals surface area (Å²) < 4.78 is 16.9. The summed E-state index contributed by atoms with van der Waals surface area (Å²) in [5.74, 6) is 2.07. The maximum Gasteiger partial charge on any atom is 0.255 e. The third-order valence-electron chi connectivity index (χ3n) is 6.30. The lowest BCUT2D eigenvalue weighted by Crippen LogP contribution is -2.42. The van der Waals surface area contributed by atoms with Crippen LogP contribution in [0.15, 0.2) is 18.2 Å². The number of benzene rings is 1. The molecule has 2 heterocycles. The van der Waals surface area contributed by atoms with Gasteiger partial charge in [-0.1, -0.05) is 0 Å². The van der Waals surface area contributed by atoms with Gasteiger partial charge in [-0.15, -0.1) is 0 Å². The number of rotatable bonds is 7. The number of nitrogens with zero attached hydrogens (tertiary/aromatic N) is 1. The molecule has 7 nitrogen and oxygen atoms in total. The summed E-state index contributed by atoms with van der Waals surface area (Å²) in [5.41, 5.74) is 0.498. The highest BCUT2D eigenvalue weighted by Gasteiger charge is 2.35. The largest absolute Gasteiger partial charge is 0.497 e. The molecule has 2 amide bonds. The fourth-order valence-electron chi connectivity index (χ4n) is 4.16. The van der Waals surface area contributed by atoms with Crippen LogP contribution in [-0.4, -0.2) is 62.8 Å². The van der Waals surface area contributed by atoms with Gasteiger partial charge in [0.25, 0.3) is 5.91 Å². The van der Waals surface area contributed by atoms with E-state index in [1.807, 2.05) is 17.0 Å². The molecule has 0 spiro atoms. The molecule has 7 heteroatoms. The topological polar surface area (TPSA) is 77.1 Å². The molecule has 3 fully saturated rings. The van der Waals surface area contributed by atoms with E-state index in [1.54, 1.807) is 13.2 Å². The maximum absolute atomic E-state index is 12.9. The Morgan fingerprint density at radius 2 is 1.83 bits per heavy atom.